The van der Waals surface area contributed by atoms with Crippen molar-refractivity contribution >= 4 is 0 Å². The van der Waals surface area contributed by atoms with E-state index >= 15 is 0 Å². The molecule has 1 saturated heterocycles. The molecule has 0 aromatic carbocycles. The number of halogens is 3. The van der Waals surface area contributed by atoms with E-state index in [0.29, 0.717) is 24.1 Å². The fourth-order valence-electron chi connectivity index (χ4n) is 2.43. The molecular weight excluding hydrogens is 255 g/mol. The normalized spacial score (nSPS) is 25.7. The van der Waals surface area contributed by atoms with Crippen LogP contribution in [0, 0.1) is 5.92 Å². The second-order valence-corrected chi connectivity index (χ2v) is 5.09. The Morgan fingerprint density at radius 2 is 2.11 bits per heavy atom. The van der Waals surface area contributed by atoms with E-state index in [1.165, 1.54) is 11.8 Å². The molecule has 0 radical (unpaired) electrons. The molecule has 2 aliphatic rings. The highest BCUT2D eigenvalue weighted by Gasteiger charge is 2.33. The second-order valence-electron chi connectivity index (χ2n) is 5.09. The molecule has 3 rings (SSSR count). The Balaban J connectivity index is 1.53. The molecule has 1 aliphatic carbocycles. The van der Waals surface area contributed by atoms with E-state index in [-0.39, 0.29) is 0 Å². The van der Waals surface area contributed by atoms with Crippen LogP contribution in [-0.4, -0.2) is 22.6 Å². The highest BCUT2D eigenvalue weighted by atomic mass is 19.4. The summed E-state index contributed by atoms with van der Waals surface area (Å²) in [5.74, 6) is 0.669. The van der Waals surface area contributed by atoms with Crippen molar-refractivity contribution in [3.05, 3.63) is 35.4 Å². The molecular formula is C13H14F3N3. The lowest BCUT2D eigenvalue weighted by Gasteiger charge is -2.22. The van der Waals surface area contributed by atoms with Gasteiger partial charge < -0.3 is 5.32 Å². The Morgan fingerprint density at radius 1 is 1.26 bits per heavy atom. The predicted octanol–water partition coefficient (Wildman–Crippen LogP) is 2.35. The molecule has 0 saturated carbocycles. The summed E-state index contributed by atoms with van der Waals surface area (Å²) in [5, 5.41) is 3.44. The fraction of sp³-hybridized carbons (Fsp3) is 0.538. The highest BCUT2D eigenvalue weighted by Crippen LogP contribution is 2.36. The first-order valence-corrected chi connectivity index (χ1v) is 6.34. The molecule has 6 heteroatoms. The maximum absolute atomic E-state index is 12.3. The predicted molar refractivity (Wildman–Crippen MR) is 63.3 cm³/mol. The SMILES string of the molecule is FC(F)(F)c1cnc(CC[C@@H]2CC3=C[C@@H]3CN2)cn1. The minimum atomic E-state index is -4.41. The number of nitrogens with zero attached hydrogens (tertiary/aromatic N) is 2. The molecule has 0 spiro atoms. The lowest BCUT2D eigenvalue weighted by molar-refractivity contribution is -0.141. The van der Waals surface area contributed by atoms with Crippen LogP contribution < -0.4 is 5.32 Å². The summed E-state index contributed by atoms with van der Waals surface area (Å²) in [7, 11) is 0. The number of aryl methyl sites for hydroxylation is 1. The van der Waals surface area contributed by atoms with Gasteiger partial charge in [0.25, 0.3) is 0 Å². The molecule has 1 aromatic rings. The molecule has 102 valence electrons. The number of aromatic nitrogens is 2. The lowest BCUT2D eigenvalue weighted by Crippen LogP contribution is -2.35. The molecule has 3 nitrogen and oxygen atoms in total. The van der Waals surface area contributed by atoms with Gasteiger partial charge in [-0.1, -0.05) is 11.6 Å². The average molecular weight is 269 g/mol. The van der Waals surface area contributed by atoms with Crippen LogP contribution in [0.3, 0.4) is 0 Å². The van der Waals surface area contributed by atoms with Gasteiger partial charge in [0.2, 0.25) is 0 Å². The average Bonchev–Trinajstić information content (AvgIpc) is 3.14. The third-order valence-electron chi connectivity index (χ3n) is 3.64. The van der Waals surface area contributed by atoms with E-state index in [1.807, 2.05) is 0 Å². The Kier molecular flexibility index (Phi) is 3.05. The number of alkyl halides is 3. The first-order chi connectivity index (χ1) is 9.02. The number of fused-ring (bicyclic) bond motifs is 1. The number of rotatable bonds is 3. The van der Waals surface area contributed by atoms with Crippen molar-refractivity contribution in [2.24, 2.45) is 5.92 Å². The zero-order valence-corrected chi connectivity index (χ0v) is 10.2. The van der Waals surface area contributed by atoms with Crippen molar-refractivity contribution in [2.45, 2.75) is 31.5 Å². The summed E-state index contributed by atoms with van der Waals surface area (Å²) >= 11 is 0. The van der Waals surface area contributed by atoms with Crippen molar-refractivity contribution in [2.75, 3.05) is 6.54 Å². The maximum Gasteiger partial charge on any atom is 0.434 e. The van der Waals surface area contributed by atoms with Crippen LogP contribution in [0.15, 0.2) is 24.0 Å². The van der Waals surface area contributed by atoms with Gasteiger partial charge in [-0.15, -0.1) is 0 Å². The summed E-state index contributed by atoms with van der Waals surface area (Å²) in [5.41, 5.74) is 1.20. The quantitative estimate of drug-likeness (QED) is 0.856. The summed E-state index contributed by atoms with van der Waals surface area (Å²) in [6.07, 6.45) is 2.48. The summed E-state index contributed by atoms with van der Waals surface area (Å²) in [6.45, 7) is 0.999. The van der Waals surface area contributed by atoms with Gasteiger partial charge >= 0.3 is 6.18 Å². The van der Waals surface area contributed by atoms with E-state index in [2.05, 4.69) is 21.4 Å². The van der Waals surface area contributed by atoms with E-state index < -0.39 is 11.9 Å². The van der Waals surface area contributed by atoms with Crippen LogP contribution in [0.4, 0.5) is 13.2 Å². The van der Waals surface area contributed by atoms with E-state index in [4.69, 9.17) is 0 Å². The zero-order chi connectivity index (χ0) is 13.5. The minimum Gasteiger partial charge on any atom is -0.313 e. The molecule has 2 atom stereocenters. The first kappa shape index (κ1) is 12.6. The largest absolute Gasteiger partial charge is 0.434 e. The summed E-state index contributed by atoms with van der Waals surface area (Å²) in [6, 6.07) is 0.411. The van der Waals surface area contributed by atoms with Crippen LogP contribution in [0.25, 0.3) is 0 Å². The smallest absolute Gasteiger partial charge is 0.313 e. The Bertz CT molecular complexity index is 493. The molecule has 0 unspecified atom stereocenters. The van der Waals surface area contributed by atoms with Gasteiger partial charge in [-0.3, -0.25) is 4.98 Å². The van der Waals surface area contributed by atoms with Gasteiger partial charge in [-0.25, -0.2) is 4.98 Å². The number of piperidine rings is 1. The molecule has 0 bridgehead atoms. The van der Waals surface area contributed by atoms with Gasteiger partial charge in [0, 0.05) is 24.7 Å². The number of hydrogen-bond donors (Lipinski definition) is 1. The van der Waals surface area contributed by atoms with Gasteiger partial charge in [-0.05, 0) is 19.3 Å². The fourth-order valence-corrected chi connectivity index (χ4v) is 2.43. The summed E-state index contributed by atoms with van der Waals surface area (Å²) < 4.78 is 37.0. The molecule has 19 heavy (non-hydrogen) atoms. The third-order valence-corrected chi connectivity index (χ3v) is 3.64. The van der Waals surface area contributed by atoms with Crippen molar-refractivity contribution in [3.63, 3.8) is 0 Å². The second kappa shape index (κ2) is 4.59. The van der Waals surface area contributed by atoms with E-state index in [0.717, 1.165) is 25.6 Å². The van der Waals surface area contributed by atoms with Crippen molar-refractivity contribution in [3.8, 4) is 0 Å². The van der Waals surface area contributed by atoms with Gasteiger partial charge in [-0.2, -0.15) is 13.2 Å². The van der Waals surface area contributed by atoms with Crippen LogP contribution in [0.1, 0.15) is 24.2 Å². The number of nitrogens with one attached hydrogen (secondary N) is 1. The molecule has 1 aromatic heterocycles. The lowest BCUT2D eigenvalue weighted by atomic mass is 10.00. The standard InChI is InChI=1S/C13H14F3N3/c14-13(15,16)12-7-18-11(6-19-12)2-1-10-4-8-3-9(8)5-17-10/h3,6-7,9-10,17H,1-2,4-5H2/t9-,10-/m1/s1. The van der Waals surface area contributed by atoms with Crippen molar-refractivity contribution in [1.29, 1.82) is 0 Å². The van der Waals surface area contributed by atoms with Crippen LogP contribution in [0.2, 0.25) is 0 Å². The van der Waals surface area contributed by atoms with Gasteiger partial charge in [0.05, 0.1) is 11.9 Å². The van der Waals surface area contributed by atoms with E-state index in [1.54, 1.807) is 0 Å². The van der Waals surface area contributed by atoms with E-state index in [9.17, 15) is 13.2 Å². The van der Waals surface area contributed by atoms with Crippen molar-refractivity contribution < 1.29 is 13.2 Å². The zero-order valence-electron chi connectivity index (χ0n) is 10.2. The Hall–Kier alpha value is -1.43. The number of hydrogen-bond acceptors (Lipinski definition) is 3. The Morgan fingerprint density at radius 3 is 2.74 bits per heavy atom. The van der Waals surface area contributed by atoms with Gasteiger partial charge in [0.1, 0.15) is 0 Å². The molecule has 1 N–H and O–H groups in total. The van der Waals surface area contributed by atoms with Crippen LogP contribution in [0.5, 0.6) is 0 Å². The first-order valence-electron chi connectivity index (χ1n) is 6.34. The van der Waals surface area contributed by atoms with Crippen molar-refractivity contribution in [1.82, 2.24) is 15.3 Å². The Labute approximate surface area is 109 Å². The third kappa shape index (κ3) is 2.94. The molecule has 2 heterocycles. The monoisotopic (exact) mass is 269 g/mol. The minimum absolute atomic E-state index is 0.411. The molecule has 0 amide bonds. The maximum atomic E-state index is 12.3. The summed E-state index contributed by atoms with van der Waals surface area (Å²) in [4.78, 5) is 7.25. The molecule has 1 fully saturated rings. The van der Waals surface area contributed by atoms with Gasteiger partial charge in [0.15, 0.2) is 5.69 Å². The van der Waals surface area contributed by atoms with Crippen LogP contribution in [-0.2, 0) is 12.6 Å². The molecule has 1 aliphatic heterocycles. The highest BCUT2D eigenvalue weighted by molar-refractivity contribution is 5.32. The topological polar surface area (TPSA) is 37.8 Å². The van der Waals surface area contributed by atoms with Crippen LogP contribution >= 0.6 is 0 Å².